The number of anilines is 1. The maximum Gasteiger partial charge on any atom is 0.261 e. The van der Waals surface area contributed by atoms with E-state index >= 15 is 0 Å². The topological polar surface area (TPSA) is 49.3 Å². The molecular weight excluding hydrogens is 214 g/mol. The molecule has 3 heteroatoms. The van der Waals surface area contributed by atoms with Crippen molar-refractivity contribution in [3.05, 3.63) is 29.3 Å². The van der Waals surface area contributed by atoms with Gasteiger partial charge in [-0.3, -0.25) is 4.79 Å². The van der Waals surface area contributed by atoms with Crippen LogP contribution in [0, 0.1) is 12.8 Å². The Labute approximate surface area is 101 Å². The van der Waals surface area contributed by atoms with Crippen molar-refractivity contribution >= 4 is 11.6 Å². The summed E-state index contributed by atoms with van der Waals surface area (Å²) in [6, 6.07) is 5.74. The van der Waals surface area contributed by atoms with Crippen molar-refractivity contribution in [2.75, 3.05) is 5.32 Å². The molecule has 1 heterocycles. The van der Waals surface area contributed by atoms with Crippen LogP contribution >= 0.6 is 0 Å². The Morgan fingerprint density at radius 3 is 2.76 bits per heavy atom. The zero-order valence-electron chi connectivity index (χ0n) is 9.99. The predicted octanol–water partition coefficient (Wildman–Crippen LogP) is 2.32. The lowest BCUT2D eigenvalue weighted by Crippen LogP contribution is -2.40. The highest BCUT2D eigenvalue weighted by Gasteiger charge is 2.51. The van der Waals surface area contributed by atoms with Crippen LogP contribution in [0.1, 0.15) is 36.8 Å². The zero-order chi connectivity index (χ0) is 12.0. The average molecular weight is 231 g/mol. The fourth-order valence-corrected chi connectivity index (χ4v) is 3.23. The average Bonchev–Trinajstić information content (AvgIpc) is 2.91. The number of benzene rings is 1. The molecule has 1 aromatic carbocycles. The van der Waals surface area contributed by atoms with Gasteiger partial charge in [-0.1, -0.05) is 31.0 Å². The third-order valence-electron chi connectivity index (χ3n) is 4.21. The first-order valence-electron chi connectivity index (χ1n) is 6.28. The van der Waals surface area contributed by atoms with Gasteiger partial charge < -0.3 is 10.4 Å². The van der Waals surface area contributed by atoms with Gasteiger partial charge in [0.15, 0.2) is 5.60 Å². The number of aliphatic hydroxyl groups is 1. The highest BCUT2D eigenvalue weighted by Crippen LogP contribution is 2.47. The Bertz CT molecular complexity index is 477. The number of nitrogens with one attached hydrogen (secondary N) is 1. The smallest absolute Gasteiger partial charge is 0.261 e. The second kappa shape index (κ2) is 3.57. The number of para-hydroxylation sites is 1. The number of hydrogen-bond donors (Lipinski definition) is 2. The summed E-state index contributed by atoms with van der Waals surface area (Å²) in [4.78, 5) is 12.1. The molecule has 90 valence electrons. The largest absolute Gasteiger partial charge is 0.375 e. The normalized spacial score (nSPS) is 28.2. The Kier molecular flexibility index (Phi) is 2.26. The summed E-state index contributed by atoms with van der Waals surface area (Å²) in [6.07, 6.45) is 4.11. The first kappa shape index (κ1) is 10.8. The Hall–Kier alpha value is -1.35. The molecule has 1 fully saturated rings. The summed E-state index contributed by atoms with van der Waals surface area (Å²) >= 11 is 0. The number of carbonyl (C=O) groups is 1. The minimum Gasteiger partial charge on any atom is -0.375 e. The fourth-order valence-electron chi connectivity index (χ4n) is 3.23. The van der Waals surface area contributed by atoms with Gasteiger partial charge in [0, 0.05) is 11.5 Å². The minimum atomic E-state index is -1.29. The molecule has 3 rings (SSSR count). The van der Waals surface area contributed by atoms with E-state index in [1.54, 1.807) is 0 Å². The van der Waals surface area contributed by atoms with Crippen LogP contribution in [0.2, 0.25) is 0 Å². The van der Waals surface area contributed by atoms with Crippen LogP contribution in [0.15, 0.2) is 18.2 Å². The molecule has 3 nitrogen and oxygen atoms in total. The van der Waals surface area contributed by atoms with Gasteiger partial charge in [0.1, 0.15) is 0 Å². The van der Waals surface area contributed by atoms with Gasteiger partial charge in [-0.05, 0) is 25.3 Å². The van der Waals surface area contributed by atoms with Crippen LogP contribution in [-0.4, -0.2) is 11.0 Å². The van der Waals surface area contributed by atoms with E-state index in [2.05, 4.69) is 5.32 Å². The summed E-state index contributed by atoms with van der Waals surface area (Å²) in [7, 11) is 0. The van der Waals surface area contributed by atoms with E-state index < -0.39 is 5.60 Å². The lowest BCUT2D eigenvalue weighted by molar-refractivity contribution is -0.139. The molecule has 0 saturated heterocycles. The molecule has 1 aliphatic carbocycles. The van der Waals surface area contributed by atoms with Crippen LogP contribution in [-0.2, 0) is 10.4 Å². The van der Waals surface area contributed by atoms with E-state index in [0.717, 1.165) is 42.5 Å². The van der Waals surface area contributed by atoms with Gasteiger partial charge in [-0.2, -0.15) is 0 Å². The molecule has 0 aromatic heterocycles. The number of aryl methyl sites for hydroxylation is 1. The summed E-state index contributed by atoms with van der Waals surface area (Å²) in [5, 5.41) is 13.7. The van der Waals surface area contributed by atoms with E-state index in [-0.39, 0.29) is 11.8 Å². The molecule has 1 amide bonds. The van der Waals surface area contributed by atoms with Crippen LogP contribution in [0.4, 0.5) is 5.69 Å². The van der Waals surface area contributed by atoms with Crippen LogP contribution in [0.25, 0.3) is 0 Å². The van der Waals surface area contributed by atoms with Gasteiger partial charge in [-0.25, -0.2) is 0 Å². The summed E-state index contributed by atoms with van der Waals surface area (Å²) in [5.41, 5.74) is 1.31. The molecule has 1 aromatic rings. The van der Waals surface area contributed by atoms with Gasteiger partial charge in [0.05, 0.1) is 5.69 Å². The summed E-state index contributed by atoms with van der Waals surface area (Å²) in [5.74, 6) is -0.167. The van der Waals surface area contributed by atoms with Gasteiger partial charge in [0.2, 0.25) is 0 Å². The zero-order valence-corrected chi connectivity index (χ0v) is 9.99. The summed E-state index contributed by atoms with van der Waals surface area (Å²) < 4.78 is 0. The number of amides is 1. The maximum atomic E-state index is 12.1. The van der Waals surface area contributed by atoms with Crippen molar-refractivity contribution < 1.29 is 9.90 Å². The second-order valence-corrected chi connectivity index (χ2v) is 5.20. The molecule has 0 radical (unpaired) electrons. The van der Waals surface area contributed by atoms with Gasteiger partial charge in [0.25, 0.3) is 5.91 Å². The molecule has 1 unspecified atom stereocenters. The van der Waals surface area contributed by atoms with E-state index in [1.165, 1.54) is 0 Å². The van der Waals surface area contributed by atoms with Crippen molar-refractivity contribution in [2.24, 2.45) is 5.92 Å². The van der Waals surface area contributed by atoms with E-state index in [9.17, 15) is 9.90 Å². The number of hydrogen-bond acceptors (Lipinski definition) is 2. The van der Waals surface area contributed by atoms with E-state index in [0.29, 0.717) is 0 Å². The van der Waals surface area contributed by atoms with Crippen molar-refractivity contribution in [1.82, 2.24) is 0 Å². The second-order valence-electron chi connectivity index (χ2n) is 5.20. The molecular formula is C14H17NO2. The molecule has 0 spiro atoms. The number of rotatable bonds is 1. The van der Waals surface area contributed by atoms with Crippen LogP contribution in [0.5, 0.6) is 0 Å². The quantitative estimate of drug-likeness (QED) is 0.779. The highest BCUT2D eigenvalue weighted by atomic mass is 16.3. The van der Waals surface area contributed by atoms with Crippen molar-refractivity contribution in [3.63, 3.8) is 0 Å². The molecule has 2 aliphatic rings. The summed E-state index contributed by atoms with van der Waals surface area (Å²) in [6.45, 7) is 1.96. The Morgan fingerprint density at radius 2 is 2.06 bits per heavy atom. The number of carbonyl (C=O) groups excluding carboxylic acids is 1. The molecule has 1 atom stereocenters. The third kappa shape index (κ3) is 1.35. The van der Waals surface area contributed by atoms with Gasteiger partial charge >= 0.3 is 0 Å². The van der Waals surface area contributed by atoms with Crippen molar-refractivity contribution in [3.8, 4) is 0 Å². The standard InChI is InChI=1S/C14H17NO2/c1-9-5-4-8-11-12(9)15-13(16)14(11,17)10-6-2-3-7-10/h4-5,8,10,17H,2-3,6-7H2,1H3,(H,15,16). The van der Waals surface area contributed by atoms with Crippen molar-refractivity contribution in [1.29, 1.82) is 0 Å². The SMILES string of the molecule is Cc1cccc2c1NC(=O)C2(O)C1CCCC1. The lowest BCUT2D eigenvalue weighted by atomic mass is 9.81. The first-order chi connectivity index (χ1) is 8.14. The molecule has 1 aliphatic heterocycles. The lowest BCUT2D eigenvalue weighted by Gasteiger charge is -2.27. The molecule has 0 bridgehead atoms. The van der Waals surface area contributed by atoms with E-state index in [4.69, 9.17) is 0 Å². The number of fused-ring (bicyclic) bond motifs is 1. The molecule has 1 saturated carbocycles. The highest BCUT2D eigenvalue weighted by molar-refractivity contribution is 6.05. The van der Waals surface area contributed by atoms with Gasteiger partial charge in [-0.15, -0.1) is 0 Å². The fraction of sp³-hybridized carbons (Fsp3) is 0.500. The van der Waals surface area contributed by atoms with E-state index in [1.807, 2.05) is 25.1 Å². The third-order valence-corrected chi connectivity index (χ3v) is 4.21. The van der Waals surface area contributed by atoms with Crippen LogP contribution in [0.3, 0.4) is 0 Å². The Balaban J connectivity index is 2.12. The minimum absolute atomic E-state index is 0.0746. The predicted molar refractivity (Wildman–Crippen MR) is 65.7 cm³/mol. The van der Waals surface area contributed by atoms with Crippen molar-refractivity contribution in [2.45, 2.75) is 38.2 Å². The first-order valence-corrected chi connectivity index (χ1v) is 6.28. The maximum absolute atomic E-state index is 12.1. The Morgan fingerprint density at radius 1 is 1.35 bits per heavy atom. The molecule has 2 N–H and O–H groups in total. The monoisotopic (exact) mass is 231 g/mol. The van der Waals surface area contributed by atoms with Crippen LogP contribution < -0.4 is 5.32 Å². The molecule has 17 heavy (non-hydrogen) atoms.